The van der Waals surface area contributed by atoms with Crippen molar-refractivity contribution in [1.29, 1.82) is 0 Å². The van der Waals surface area contributed by atoms with E-state index in [0.717, 1.165) is 19.3 Å². The topological polar surface area (TPSA) is 93.8 Å². The van der Waals surface area contributed by atoms with Crippen molar-refractivity contribution < 1.29 is 8.42 Å². The predicted octanol–water partition coefficient (Wildman–Crippen LogP) is 3.92. The summed E-state index contributed by atoms with van der Waals surface area (Å²) in [7, 11) is -2.98. The van der Waals surface area contributed by atoms with Crippen molar-refractivity contribution in [2.75, 3.05) is 17.3 Å². The lowest BCUT2D eigenvalue weighted by atomic mass is 10.1. The van der Waals surface area contributed by atoms with Gasteiger partial charge < -0.3 is 5.84 Å². The third-order valence-corrected chi connectivity index (χ3v) is 6.55. The van der Waals surface area contributed by atoms with Crippen molar-refractivity contribution >= 4 is 22.1 Å². The highest BCUT2D eigenvalue weighted by molar-refractivity contribution is 7.91. The Balaban J connectivity index is 2.03. The minimum atomic E-state index is -2.98. The van der Waals surface area contributed by atoms with Crippen molar-refractivity contribution in [2.45, 2.75) is 84.0 Å². The van der Waals surface area contributed by atoms with Crippen LogP contribution in [0.4, 0.5) is 0 Å². The zero-order chi connectivity index (χ0) is 18.5. The molecule has 1 heterocycles. The summed E-state index contributed by atoms with van der Waals surface area (Å²) in [5.41, 5.74) is 0. The Labute approximate surface area is 157 Å². The molecule has 25 heavy (non-hydrogen) atoms. The molecule has 0 atom stereocenters. The molecule has 3 N–H and O–H groups in total. The Kier molecular flexibility index (Phi) is 11.0. The maximum absolute atomic E-state index is 12.1. The van der Waals surface area contributed by atoms with E-state index >= 15 is 0 Å². The summed E-state index contributed by atoms with van der Waals surface area (Å²) >= 11 is 4.93. The third kappa shape index (κ3) is 9.99. The van der Waals surface area contributed by atoms with Crippen LogP contribution in [0.2, 0.25) is 0 Å². The highest BCUT2D eigenvalue weighted by Gasteiger charge is 2.11. The Morgan fingerprint density at radius 1 is 0.960 bits per heavy atom. The number of aryl methyl sites for hydroxylation is 1. The summed E-state index contributed by atoms with van der Waals surface area (Å²) in [6, 6.07) is 0. The molecule has 0 aliphatic rings. The van der Waals surface area contributed by atoms with Gasteiger partial charge in [0.2, 0.25) is 4.77 Å². The summed E-state index contributed by atoms with van der Waals surface area (Å²) in [6.07, 6.45) is 13.1. The van der Waals surface area contributed by atoms with Gasteiger partial charge >= 0.3 is 0 Å². The van der Waals surface area contributed by atoms with E-state index in [4.69, 9.17) is 18.1 Å². The maximum atomic E-state index is 12.1. The molecule has 0 bridgehead atoms. The Bertz CT molecular complexity index is 623. The van der Waals surface area contributed by atoms with Gasteiger partial charge in [-0.15, -0.1) is 0 Å². The summed E-state index contributed by atoms with van der Waals surface area (Å²) in [5.74, 6) is 6.77. The van der Waals surface area contributed by atoms with E-state index in [9.17, 15) is 8.42 Å². The normalized spacial score (nSPS) is 11.9. The molecule has 0 spiro atoms. The van der Waals surface area contributed by atoms with Gasteiger partial charge in [-0.2, -0.15) is 5.10 Å². The van der Waals surface area contributed by atoms with Gasteiger partial charge in [-0.25, -0.2) is 13.1 Å². The molecular weight excluding hydrogens is 356 g/mol. The quantitative estimate of drug-likeness (QED) is 0.269. The lowest BCUT2D eigenvalue weighted by molar-refractivity contribution is 0.557. The maximum Gasteiger partial charge on any atom is 0.214 e. The lowest BCUT2D eigenvalue weighted by Crippen LogP contribution is -2.16. The van der Waals surface area contributed by atoms with E-state index < -0.39 is 9.84 Å². The first-order valence-electron chi connectivity index (χ1n) is 9.58. The van der Waals surface area contributed by atoms with Crippen LogP contribution in [-0.4, -0.2) is 34.8 Å². The van der Waals surface area contributed by atoms with Crippen molar-refractivity contribution in [3.05, 3.63) is 10.6 Å². The molecular formula is C17H34N4O2S2. The Morgan fingerprint density at radius 2 is 1.48 bits per heavy atom. The number of nitrogens with one attached hydrogen (secondary N) is 1. The molecule has 0 fully saturated rings. The van der Waals surface area contributed by atoms with Crippen LogP contribution in [-0.2, 0) is 16.3 Å². The van der Waals surface area contributed by atoms with Crippen LogP contribution in [0.1, 0.15) is 83.4 Å². The van der Waals surface area contributed by atoms with E-state index in [2.05, 4.69) is 17.1 Å². The first-order valence-corrected chi connectivity index (χ1v) is 11.8. The molecule has 0 unspecified atom stereocenters. The summed E-state index contributed by atoms with van der Waals surface area (Å²) in [6.45, 7) is 2.23. The number of sulfone groups is 1. The second kappa shape index (κ2) is 12.5. The van der Waals surface area contributed by atoms with Gasteiger partial charge in [0.05, 0.1) is 11.5 Å². The average molecular weight is 391 g/mol. The van der Waals surface area contributed by atoms with Crippen molar-refractivity contribution in [2.24, 2.45) is 0 Å². The van der Waals surface area contributed by atoms with Crippen LogP contribution in [0.15, 0.2) is 0 Å². The lowest BCUT2D eigenvalue weighted by Gasteiger charge is -2.05. The van der Waals surface area contributed by atoms with Crippen molar-refractivity contribution in [3.63, 3.8) is 0 Å². The van der Waals surface area contributed by atoms with E-state index in [1.807, 2.05) is 0 Å². The zero-order valence-corrected chi connectivity index (χ0v) is 17.1. The second-order valence-electron chi connectivity index (χ2n) is 6.75. The van der Waals surface area contributed by atoms with Gasteiger partial charge in [0.1, 0.15) is 9.84 Å². The average Bonchev–Trinajstić information content (AvgIpc) is 2.88. The monoisotopic (exact) mass is 390 g/mol. The molecule has 8 heteroatoms. The fraction of sp³-hybridized carbons (Fsp3) is 0.882. The van der Waals surface area contributed by atoms with Gasteiger partial charge in [0.25, 0.3) is 0 Å². The van der Waals surface area contributed by atoms with Crippen LogP contribution in [0.3, 0.4) is 0 Å². The minimum Gasteiger partial charge on any atom is -0.335 e. The highest BCUT2D eigenvalue weighted by Crippen LogP contribution is 2.11. The number of nitrogens with zero attached hydrogens (tertiary/aromatic N) is 2. The predicted molar refractivity (Wildman–Crippen MR) is 106 cm³/mol. The largest absolute Gasteiger partial charge is 0.335 e. The molecule has 0 radical (unpaired) electrons. The number of nitrogen functional groups attached to an aromatic ring is 1. The summed E-state index contributed by atoms with van der Waals surface area (Å²) < 4.78 is 25.8. The number of aromatic amines is 1. The smallest absolute Gasteiger partial charge is 0.214 e. The molecule has 0 amide bonds. The van der Waals surface area contributed by atoms with Gasteiger partial charge in [-0.3, -0.25) is 5.10 Å². The molecule has 0 saturated carbocycles. The second-order valence-corrected chi connectivity index (χ2v) is 9.44. The van der Waals surface area contributed by atoms with Crippen LogP contribution in [0.25, 0.3) is 0 Å². The van der Waals surface area contributed by atoms with E-state index in [1.165, 1.54) is 49.6 Å². The van der Waals surface area contributed by atoms with Crippen molar-refractivity contribution in [1.82, 2.24) is 14.9 Å². The van der Waals surface area contributed by atoms with Crippen molar-refractivity contribution in [3.8, 4) is 0 Å². The SMILES string of the molecule is CCCCCCCCCCCCS(=O)(=O)CCCc1n[nH]c(=S)n1N. The summed E-state index contributed by atoms with van der Waals surface area (Å²) in [4.78, 5) is 0. The van der Waals surface area contributed by atoms with Gasteiger partial charge in [-0.05, 0) is 25.1 Å². The number of aromatic nitrogens is 3. The molecule has 1 rings (SSSR count). The van der Waals surface area contributed by atoms with Crippen LogP contribution in [0.5, 0.6) is 0 Å². The molecule has 0 aliphatic carbocycles. The molecule has 146 valence electrons. The Morgan fingerprint density at radius 3 is 2.00 bits per heavy atom. The molecule has 1 aromatic rings. The standard InChI is InChI=1S/C17H34N4O2S2/c1-2-3-4-5-6-7-8-9-10-11-14-25(22,23)15-12-13-16-19-20-17(24)21(16)18/h2-15,18H2,1H3,(H,20,24). The van der Waals surface area contributed by atoms with Crippen LogP contribution >= 0.6 is 12.2 Å². The first-order chi connectivity index (χ1) is 12.0. The third-order valence-electron chi connectivity index (χ3n) is 4.44. The molecule has 0 saturated heterocycles. The number of H-pyrrole nitrogens is 1. The van der Waals surface area contributed by atoms with Crippen LogP contribution < -0.4 is 5.84 Å². The van der Waals surface area contributed by atoms with E-state index in [0.29, 0.717) is 29.2 Å². The van der Waals surface area contributed by atoms with E-state index in [1.54, 1.807) is 0 Å². The highest BCUT2D eigenvalue weighted by atomic mass is 32.2. The molecule has 0 aliphatic heterocycles. The fourth-order valence-corrected chi connectivity index (χ4v) is 4.46. The first kappa shape index (κ1) is 22.2. The Hall–Kier alpha value is -0.890. The van der Waals surface area contributed by atoms with Gasteiger partial charge in [0.15, 0.2) is 5.82 Å². The molecule has 6 nitrogen and oxygen atoms in total. The minimum absolute atomic E-state index is 0.185. The van der Waals surface area contributed by atoms with Gasteiger partial charge in [-0.1, -0.05) is 64.7 Å². The van der Waals surface area contributed by atoms with Crippen LogP contribution in [0, 0.1) is 4.77 Å². The number of unbranched alkanes of at least 4 members (excludes halogenated alkanes) is 9. The van der Waals surface area contributed by atoms with Gasteiger partial charge in [0, 0.05) is 6.42 Å². The zero-order valence-electron chi connectivity index (χ0n) is 15.5. The molecule has 1 aromatic heterocycles. The number of nitrogens with two attached hydrogens (primary N) is 1. The summed E-state index contributed by atoms with van der Waals surface area (Å²) in [5, 5.41) is 6.59. The number of rotatable bonds is 15. The molecule has 0 aromatic carbocycles. The number of hydrogen-bond donors (Lipinski definition) is 2. The fourth-order valence-electron chi connectivity index (χ4n) is 2.88. The number of hydrogen-bond acceptors (Lipinski definition) is 5. The van der Waals surface area contributed by atoms with E-state index in [-0.39, 0.29) is 5.75 Å².